The Kier molecular flexibility index (Phi) is 2.93. The molecular formula is C15H11NO2S. The van der Waals surface area contributed by atoms with Gasteiger partial charge in [0.1, 0.15) is 11.5 Å². The van der Waals surface area contributed by atoms with Gasteiger partial charge in [-0.1, -0.05) is 12.1 Å². The van der Waals surface area contributed by atoms with Crippen molar-refractivity contribution in [1.29, 1.82) is 0 Å². The summed E-state index contributed by atoms with van der Waals surface area (Å²) < 4.78 is 1.03. The molecular weight excluding hydrogens is 258 g/mol. The molecule has 2 aromatic carbocycles. The molecule has 3 nitrogen and oxygen atoms in total. The predicted molar refractivity (Wildman–Crippen MR) is 78.9 cm³/mol. The van der Waals surface area contributed by atoms with Crippen LogP contribution in [-0.2, 0) is 0 Å². The summed E-state index contributed by atoms with van der Waals surface area (Å²) in [5.74, 6) is 0.479. The van der Waals surface area contributed by atoms with E-state index in [1.54, 1.807) is 30.5 Å². The van der Waals surface area contributed by atoms with Gasteiger partial charge in [-0.05, 0) is 36.4 Å². The van der Waals surface area contributed by atoms with Crippen molar-refractivity contribution >= 4 is 33.3 Å². The Hall–Kier alpha value is -2.33. The molecule has 94 valence electrons. The summed E-state index contributed by atoms with van der Waals surface area (Å²) >= 11 is 1.50. The summed E-state index contributed by atoms with van der Waals surface area (Å²) in [6.45, 7) is 0. The van der Waals surface area contributed by atoms with Crippen LogP contribution in [0.25, 0.3) is 10.1 Å². The molecule has 0 aliphatic carbocycles. The molecule has 3 rings (SSSR count). The summed E-state index contributed by atoms with van der Waals surface area (Å²) in [5, 5.41) is 20.1. The number of rotatable bonds is 2. The van der Waals surface area contributed by atoms with Gasteiger partial charge in [-0.3, -0.25) is 4.99 Å². The number of hydrogen-bond donors (Lipinski definition) is 2. The number of phenolic OH excluding ortho intramolecular Hbond substituents is 1. The summed E-state index contributed by atoms with van der Waals surface area (Å²) in [7, 11) is 0. The lowest BCUT2D eigenvalue weighted by Crippen LogP contribution is -1.74. The Bertz CT molecular complexity index is 744. The Morgan fingerprint density at radius 3 is 2.42 bits per heavy atom. The maximum Gasteiger partial charge on any atom is 0.142 e. The number of benzene rings is 2. The van der Waals surface area contributed by atoms with E-state index in [-0.39, 0.29) is 11.5 Å². The number of nitrogens with zero attached hydrogens (tertiary/aromatic N) is 1. The fourth-order valence-electron chi connectivity index (χ4n) is 1.81. The van der Waals surface area contributed by atoms with Crippen molar-refractivity contribution in [3.05, 3.63) is 53.4 Å². The van der Waals surface area contributed by atoms with Crippen molar-refractivity contribution < 1.29 is 10.2 Å². The van der Waals surface area contributed by atoms with Gasteiger partial charge in [0.15, 0.2) is 0 Å². The Morgan fingerprint density at radius 2 is 1.68 bits per heavy atom. The van der Waals surface area contributed by atoms with Crippen LogP contribution in [0.2, 0.25) is 0 Å². The molecule has 4 heteroatoms. The first-order valence-corrected chi connectivity index (χ1v) is 6.59. The zero-order valence-corrected chi connectivity index (χ0v) is 10.8. The first-order valence-electron chi connectivity index (χ1n) is 5.77. The van der Waals surface area contributed by atoms with Crippen LogP contribution < -0.4 is 0 Å². The molecule has 0 amide bonds. The van der Waals surface area contributed by atoms with Crippen LogP contribution in [0.4, 0.5) is 5.69 Å². The zero-order valence-electron chi connectivity index (χ0n) is 9.95. The maximum atomic E-state index is 10.1. The average molecular weight is 269 g/mol. The number of thiophene rings is 1. The van der Waals surface area contributed by atoms with Crippen molar-refractivity contribution in [3.8, 4) is 11.5 Å². The van der Waals surface area contributed by atoms with Crippen molar-refractivity contribution in [3.63, 3.8) is 0 Å². The lowest BCUT2D eigenvalue weighted by atomic mass is 10.2. The first kappa shape index (κ1) is 11.7. The number of phenols is 1. The van der Waals surface area contributed by atoms with Crippen LogP contribution in [0.3, 0.4) is 0 Å². The van der Waals surface area contributed by atoms with Gasteiger partial charge in [0, 0.05) is 16.3 Å². The third-order valence-corrected chi connectivity index (χ3v) is 3.87. The predicted octanol–water partition coefficient (Wildman–Crippen LogP) is 4.06. The Labute approximate surface area is 114 Å². The minimum absolute atomic E-state index is 0.212. The third-order valence-electron chi connectivity index (χ3n) is 2.78. The molecule has 0 saturated carbocycles. The highest BCUT2D eigenvalue weighted by Gasteiger charge is 2.08. The highest BCUT2D eigenvalue weighted by atomic mass is 32.1. The van der Waals surface area contributed by atoms with E-state index in [0.717, 1.165) is 20.7 Å². The molecule has 0 aliphatic heterocycles. The molecule has 0 bridgehead atoms. The van der Waals surface area contributed by atoms with E-state index in [2.05, 4.69) is 4.99 Å². The number of aromatic hydroxyl groups is 2. The molecule has 1 heterocycles. The van der Waals surface area contributed by atoms with Gasteiger partial charge >= 0.3 is 0 Å². The molecule has 2 N–H and O–H groups in total. The van der Waals surface area contributed by atoms with Crippen LogP contribution in [-0.4, -0.2) is 16.4 Å². The van der Waals surface area contributed by atoms with Crippen molar-refractivity contribution in [2.24, 2.45) is 4.99 Å². The van der Waals surface area contributed by atoms with Crippen molar-refractivity contribution in [2.45, 2.75) is 0 Å². The van der Waals surface area contributed by atoms with E-state index >= 15 is 0 Å². The van der Waals surface area contributed by atoms with Crippen LogP contribution in [0, 0.1) is 0 Å². The van der Waals surface area contributed by atoms with E-state index in [1.807, 2.05) is 24.3 Å². The van der Waals surface area contributed by atoms with Crippen LogP contribution >= 0.6 is 11.3 Å². The fraction of sp³-hybridized carbons (Fsp3) is 0. The number of fused-ring (bicyclic) bond motifs is 1. The van der Waals surface area contributed by atoms with Crippen LogP contribution in [0.5, 0.6) is 11.5 Å². The quantitative estimate of drug-likeness (QED) is 0.689. The number of aliphatic imine (C=N–C) groups is 1. The monoisotopic (exact) mass is 269 g/mol. The molecule has 19 heavy (non-hydrogen) atoms. The normalized spacial score (nSPS) is 11.4. The van der Waals surface area contributed by atoms with Crippen LogP contribution in [0.1, 0.15) is 4.88 Å². The van der Waals surface area contributed by atoms with Gasteiger partial charge < -0.3 is 10.2 Å². The average Bonchev–Trinajstić information content (AvgIpc) is 2.76. The van der Waals surface area contributed by atoms with Crippen molar-refractivity contribution in [1.82, 2.24) is 0 Å². The zero-order chi connectivity index (χ0) is 13.2. The highest BCUT2D eigenvalue weighted by molar-refractivity contribution is 7.21. The molecule has 0 atom stereocenters. The maximum absolute atomic E-state index is 10.1. The smallest absolute Gasteiger partial charge is 0.142 e. The van der Waals surface area contributed by atoms with Gasteiger partial charge in [-0.2, -0.15) is 0 Å². The Balaban J connectivity index is 1.97. The molecule has 0 spiro atoms. The molecule has 0 fully saturated rings. The minimum Gasteiger partial charge on any atom is -0.508 e. The highest BCUT2D eigenvalue weighted by Crippen LogP contribution is 2.35. The fourth-order valence-corrected chi connectivity index (χ4v) is 2.78. The Morgan fingerprint density at radius 1 is 0.947 bits per heavy atom. The van der Waals surface area contributed by atoms with E-state index in [9.17, 15) is 10.2 Å². The SMILES string of the molecule is Oc1ccc(N=Cc2sc3ccccc3c2O)cc1. The van der Waals surface area contributed by atoms with E-state index in [0.29, 0.717) is 0 Å². The molecule has 0 aliphatic rings. The largest absolute Gasteiger partial charge is 0.508 e. The summed E-state index contributed by atoms with van der Waals surface area (Å²) in [6.07, 6.45) is 1.65. The molecule has 0 unspecified atom stereocenters. The summed E-state index contributed by atoms with van der Waals surface area (Å²) in [5.41, 5.74) is 0.731. The summed E-state index contributed by atoms with van der Waals surface area (Å²) in [4.78, 5) is 5.02. The third kappa shape index (κ3) is 2.30. The lowest BCUT2D eigenvalue weighted by Gasteiger charge is -1.94. The van der Waals surface area contributed by atoms with Gasteiger partial charge in [0.2, 0.25) is 0 Å². The molecule has 3 aromatic rings. The van der Waals surface area contributed by atoms with Gasteiger partial charge in [0.05, 0.1) is 10.6 Å². The lowest BCUT2D eigenvalue weighted by molar-refractivity contribution is 0.475. The van der Waals surface area contributed by atoms with E-state index in [4.69, 9.17) is 0 Å². The first-order chi connectivity index (χ1) is 9.24. The van der Waals surface area contributed by atoms with Crippen molar-refractivity contribution in [2.75, 3.05) is 0 Å². The second-order valence-corrected chi connectivity index (χ2v) is 5.17. The molecule has 1 aromatic heterocycles. The van der Waals surface area contributed by atoms with E-state index < -0.39 is 0 Å². The van der Waals surface area contributed by atoms with Gasteiger partial charge in [0.25, 0.3) is 0 Å². The standard InChI is InChI=1S/C15H11NO2S/c17-11-7-5-10(6-8-11)16-9-14-15(18)12-3-1-2-4-13(12)19-14/h1-9,17-18H. The second kappa shape index (κ2) is 4.74. The molecule has 0 saturated heterocycles. The topological polar surface area (TPSA) is 52.8 Å². The van der Waals surface area contributed by atoms with Crippen LogP contribution in [0.15, 0.2) is 53.5 Å². The molecule has 0 radical (unpaired) electrons. The summed E-state index contributed by atoms with van der Waals surface area (Å²) in [6, 6.07) is 14.3. The van der Waals surface area contributed by atoms with E-state index in [1.165, 1.54) is 11.3 Å². The minimum atomic E-state index is 0.212. The van der Waals surface area contributed by atoms with Gasteiger partial charge in [-0.25, -0.2) is 0 Å². The second-order valence-electron chi connectivity index (χ2n) is 4.09. The number of hydrogen-bond acceptors (Lipinski definition) is 4. The van der Waals surface area contributed by atoms with Gasteiger partial charge in [-0.15, -0.1) is 11.3 Å².